The van der Waals surface area contributed by atoms with E-state index in [1.807, 2.05) is 0 Å². The highest BCUT2D eigenvalue weighted by Gasteiger charge is 2.40. The van der Waals surface area contributed by atoms with Gasteiger partial charge in [-0.05, 0) is 54.3 Å². The predicted molar refractivity (Wildman–Crippen MR) is 111 cm³/mol. The molecular weight excluding hydrogens is 424 g/mol. The first-order chi connectivity index (χ1) is 14.9. The fourth-order valence-electron chi connectivity index (χ4n) is 4.12. The quantitative estimate of drug-likeness (QED) is 0.638. The number of pyridine rings is 1. The van der Waals surface area contributed by atoms with Crippen molar-refractivity contribution < 1.29 is 18.4 Å². The van der Waals surface area contributed by atoms with Crippen molar-refractivity contribution in [2.24, 2.45) is 5.73 Å². The number of fused-ring (bicyclic) bond motifs is 1. The van der Waals surface area contributed by atoms with Crippen molar-refractivity contribution in [3.8, 4) is 0 Å². The Labute approximate surface area is 182 Å². The van der Waals surface area contributed by atoms with Crippen molar-refractivity contribution in [2.45, 2.75) is 24.9 Å². The van der Waals surface area contributed by atoms with E-state index < -0.39 is 35.5 Å². The van der Waals surface area contributed by atoms with E-state index >= 15 is 0 Å². The van der Waals surface area contributed by atoms with Crippen LogP contribution in [-0.2, 0) is 11.2 Å². The van der Waals surface area contributed by atoms with Gasteiger partial charge < -0.3 is 10.6 Å². The van der Waals surface area contributed by atoms with Crippen molar-refractivity contribution in [1.82, 2.24) is 9.88 Å². The Hall–Kier alpha value is -3.32. The Bertz CT molecular complexity index is 1160. The van der Waals surface area contributed by atoms with E-state index in [1.165, 1.54) is 17.2 Å². The largest absolute Gasteiger partial charge is 0.368 e. The Kier molecular flexibility index (Phi) is 5.69. The van der Waals surface area contributed by atoms with Gasteiger partial charge in [0, 0.05) is 22.3 Å². The smallest absolute Gasteiger partial charge is 0.255 e. The number of carbonyl (C=O) groups excluding carboxylic acids is 2. The van der Waals surface area contributed by atoms with Crippen molar-refractivity contribution in [1.29, 1.82) is 0 Å². The molecule has 1 aromatic heterocycles. The second-order valence-corrected chi connectivity index (χ2v) is 7.77. The summed E-state index contributed by atoms with van der Waals surface area (Å²) < 4.78 is 28.4. The number of rotatable bonds is 5. The molecule has 1 heterocycles. The van der Waals surface area contributed by atoms with Crippen LogP contribution in [0.5, 0.6) is 0 Å². The zero-order chi connectivity index (χ0) is 22.1. The molecule has 8 heteroatoms. The minimum Gasteiger partial charge on any atom is -0.368 e. The maximum absolute atomic E-state index is 14.5. The molecule has 0 saturated carbocycles. The van der Waals surface area contributed by atoms with Crippen molar-refractivity contribution in [2.75, 3.05) is 0 Å². The van der Waals surface area contributed by atoms with Gasteiger partial charge in [-0.1, -0.05) is 29.8 Å². The van der Waals surface area contributed by atoms with Crippen LogP contribution in [0.15, 0.2) is 60.9 Å². The van der Waals surface area contributed by atoms with Gasteiger partial charge in [-0.25, -0.2) is 8.78 Å². The molecule has 0 radical (unpaired) electrons. The fraction of sp³-hybridized carbons (Fsp3) is 0.174. The van der Waals surface area contributed by atoms with Crippen molar-refractivity contribution in [3.05, 3.63) is 99.8 Å². The normalized spacial score (nSPS) is 15.9. The number of aromatic nitrogens is 1. The SMILES string of the molecule is NC(=O)[C@@H](c1cncc(F)c1)N(C(=O)c1ccccc1)[C@@H]1CCc2c(F)cc(Cl)cc21. The molecule has 1 aliphatic carbocycles. The number of carbonyl (C=O) groups is 2. The molecule has 0 fully saturated rings. The first-order valence-electron chi connectivity index (χ1n) is 9.62. The standard InChI is InChI=1S/C23H18ClF2N3O2/c24-15-9-18-17(19(26)10-15)6-7-20(18)29(23(31)13-4-2-1-3-5-13)21(22(27)30)14-8-16(25)12-28-11-14/h1-5,8-12,20-21H,6-7H2,(H2,27,30)/t20-,21-/m1/s1. The number of primary amides is 1. The van der Waals surface area contributed by atoms with Gasteiger partial charge in [0.1, 0.15) is 17.7 Å². The van der Waals surface area contributed by atoms with Crippen LogP contribution in [0.3, 0.4) is 0 Å². The summed E-state index contributed by atoms with van der Waals surface area (Å²) in [7, 11) is 0. The summed E-state index contributed by atoms with van der Waals surface area (Å²) in [4.78, 5) is 31.2. The molecule has 158 valence electrons. The number of hydrogen-bond acceptors (Lipinski definition) is 3. The van der Waals surface area contributed by atoms with E-state index in [0.29, 0.717) is 29.5 Å². The van der Waals surface area contributed by atoms with Crippen LogP contribution in [0.4, 0.5) is 8.78 Å². The summed E-state index contributed by atoms with van der Waals surface area (Å²) in [5, 5.41) is 0.179. The van der Waals surface area contributed by atoms with Crippen molar-refractivity contribution >= 4 is 23.4 Å². The lowest BCUT2D eigenvalue weighted by atomic mass is 9.98. The van der Waals surface area contributed by atoms with Crippen LogP contribution < -0.4 is 5.73 Å². The van der Waals surface area contributed by atoms with E-state index in [4.69, 9.17) is 17.3 Å². The zero-order valence-corrected chi connectivity index (χ0v) is 17.0. The van der Waals surface area contributed by atoms with Crippen LogP contribution in [-0.4, -0.2) is 21.7 Å². The molecule has 5 nitrogen and oxygen atoms in total. The van der Waals surface area contributed by atoms with E-state index in [1.54, 1.807) is 36.4 Å². The summed E-state index contributed by atoms with van der Waals surface area (Å²) in [6.07, 6.45) is 3.00. The summed E-state index contributed by atoms with van der Waals surface area (Å²) >= 11 is 6.08. The third-order valence-corrected chi connectivity index (χ3v) is 5.62. The van der Waals surface area contributed by atoms with E-state index in [2.05, 4.69) is 4.98 Å². The van der Waals surface area contributed by atoms with E-state index in [-0.39, 0.29) is 10.6 Å². The molecule has 0 saturated heterocycles. The van der Waals surface area contributed by atoms with Gasteiger partial charge in [-0.2, -0.15) is 0 Å². The first kappa shape index (κ1) is 20.9. The van der Waals surface area contributed by atoms with Crippen molar-refractivity contribution in [3.63, 3.8) is 0 Å². The molecule has 1 aliphatic rings. The molecule has 0 spiro atoms. The zero-order valence-electron chi connectivity index (χ0n) is 16.3. The minimum atomic E-state index is -1.31. The van der Waals surface area contributed by atoms with Gasteiger partial charge in [0.25, 0.3) is 5.91 Å². The van der Waals surface area contributed by atoms with E-state index in [0.717, 1.165) is 12.3 Å². The topological polar surface area (TPSA) is 76.3 Å². The monoisotopic (exact) mass is 441 g/mol. The average Bonchev–Trinajstić information content (AvgIpc) is 3.15. The van der Waals surface area contributed by atoms with Gasteiger partial charge in [-0.15, -0.1) is 0 Å². The van der Waals surface area contributed by atoms with Crippen LogP contribution in [0.2, 0.25) is 5.02 Å². The third kappa shape index (κ3) is 4.01. The molecule has 0 aliphatic heterocycles. The molecule has 2 atom stereocenters. The molecule has 0 unspecified atom stereocenters. The lowest BCUT2D eigenvalue weighted by molar-refractivity contribution is -0.123. The summed E-state index contributed by atoms with van der Waals surface area (Å²) in [5.41, 5.74) is 7.08. The Balaban J connectivity index is 1.89. The molecule has 4 rings (SSSR count). The van der Waals surface area contributed by atoms with Gasteiger partial charge in [0.05, 0.1) is 12.2 Å². The molecule has 0 bridgehead atoms. The maximum atomic E-state index is 14.5. The van der Waals surface area contributed by atoms with Gasteiger partial charge in [0.15, 0.2) is 0 Å². The van der Waals surface area contributed by atoms with Gasteiger partial charge in [-0.3, -0.25) is 14.6 Å². The van der Waals surface area contributed by atoms with Crippen LogP contribution in [0, 0.1) is 11.6 Å². The highest BCUT2D eigenvalue weighted by atomic mass is 35.5. The van der Waals surface area contributed by atoms with Crippen LogP contribution >= 0.6 is 11.6 Å². The highest BCUT2D eigenvalue weighted by Crippen LogP contribution is 2.43. The Morgan fingerprint density at radius 3 is 2.55 bits per heavy atom. The summed E-state index contributed by atoms with van der Waals surface area (Å²) in [6.45, 7) is 0. The molecule has 3 aromatic rings. The Morgan fingerprint density at radius 1 is 1.13 bits per heavy atom. The second kappa shape index (κ2) is 8.43. The molecular formula is C23H18ClF2N3O2. The average molecular weight is 442 g/mol. The lowest BCUT2D eigenvalue weighted by Gasteiger charge is -2.35. The molecule has 2 aromatic carbocycles. The van der Waals surface area contributed by atoms with E-state index in [9.17, 15) is 18.4 Å². The number of nitrogens with zero attached hydrogens (tertiary/aromatic N) is 2. The number of benzene rings is 2. The predicted octanol–water partition coefficient (Wildman–Crippen LogP) is 4.37. The number of hydrogen-bond donors (Lipinski definition) is 1. The first-order valence-corrected chi connectivity index (χ1v) is 10.00. The molecule has 31 heavy (non-hydrogen) atoms. The second-order valence-electron chi connectivity index (χ2n) is 7.33. The summed E-state index contributed by atoms with van der Waals surface area (Å²) in [5.74, 6) is -2.49. The minimum absolute atomic E-state index is 0.132. The number of halogens is 3. The highest BCUT2D eigenvalue weighted by molar-refractivity contribution is 6.30. The van der Waals surface area contributed by atoms with Crippen LogP contribution in [0.25, 0.3) is 0 Å². The van der Waals surface area contributed by atoms with Crippen LogP contribution in [0.1, 0.15) is 45.6 Å². The van der Waals surface area contributed by atoms with Gasteiger partial charge >= 0.3 is 0 Å². The number of amides is 2. The lowest BCUT2D eigenvalue weighted by Crippen LogP contribution is -2.43. The molecule has 2 N–H and O–H groups in total. The maximum Gasteiger partial charge on any atom is 0.255 e. The Morgan fingerprint density at radius 2 is 1.87 bits per heavy atom. The van der Waals surface area contributed by atoms with Gasteiger partial charge in [0.2, 0.25) is 5.91 Å². The fourth-order valence-corrected chi connectivity index (χ4v) is 4.33. The summed E-state index contributed by atoms with van der Waals surface area (Å²) in [6, 6.07) is 10.3. The number of nitrogens with two attached hydrogens (primary N) is 1. The third-order valence-electron chi connectivity index (χ3n) is 5.40. The molecule has 2 amide bonds.